The van der Waals surface area contributed by atoms with Gasteiger partial charge in [-0.2, -0.15) is 5.10 Å². The van der Waals surface area contributed by atoms with Crippen LogP contribution in [-0.4, -0.2) is 25.7 Å². The maximum Gasteiger partial charge on any atom is 0.233 e. The second kappa shape index (κ2) is 7.25. The van der Waals surface area contributed by atoms with Gasteiger partial charge in [0.25, 0.3) is 0 Å². The lowest BCUT2D eigenvalue weighted by molar-refractivity contribution is -0.117. The first-order valence-electron chi connectivity index (χ1n) is 8.30. The maximum absolute atomic E-state index is 12.7. The Hall–Kier alpha value is -3.02. The topological polar surface area (TPSA) is 72.7 Å². The number of aryl methyl sites for hydroxylation is 2. The fourth-order valence-electron chi connectivity index (χ4n) is 2.86. The van der Waals surface area contributed by atoms with Crippen LogP contribution >= 0.6 is 0 Å². The van der Waals surface area contributed by atoms with Crippen LogP contribution in [0.5, 0.6) is 0 Å². The average molecular weight is 335 g/mol. The fraction of sp³-hybridized carbons (Fsp3) is 0.263. The summed E-state index contributed by atoms with van der Waals surface area (Å²) in [6, 6.07) is 13.5. The van der Waals surface area contributed by atoms with E-state index in [0.29, 0.717) is 18.1 Å². The zero-order valence-electron chi connectivity index (χ0n) is 14.6. The number of anilines is 1. The predicted octanol–water partition coefficient (Wildman–Crippen LogP) is 3.41. The van der Waals surface area contributed by atoms with E-state index in [-0.39, 0.29) is 11.8 Å². The summed E-state index contributed by atoms with van der Waals surface area (Å²) in [6.07, 6.45) is 2.15. The van der Waals surface area contributed by atoms with Crippen LogP contribution in [0.3, 0.4) is 0 Å². The highest BCUT2D eigenvalue weighted by molar-refractivity contribution is 5.95. The molecule has 0 bridgehead atoms. The van der Waals surface area contributed by atoms with Crippen LogP contribution in [0, 0.1) is 13.8 Å². The number of benzene rings is 1. The zero-order valence-corrected chi connectivity index (χ0v) is 14.6. The van der Waals surface area contributed by atoms with Gasteiger partial charge in [-0.05, 0) is 31.9 Å². The first kappa shape index (κ1) is 16.8. The van der Waals surface area contributed by atoms with Gasteiger partial charge in [0, 0.05) is 11.8 Å². The monoisotopic (exact) mass is 335 g/mol. The number of hydrogen-bond donors (Lipinski definition) is 1. The summed E-state index contributed by atoms with van der Waals surface area (Å²) in [5.41, 5.74) is 2.89. The Bertz CT molecular complexity index is 873. The molecule has 1 unspecified atom stereocenters. The number of aromatic nitrogens is 4. The Balaban J connectivity index is 1.82. The van der Waals surface area contributed by atoms with Crippen molar-refractivity contribution >= 4 is 11.7 Å². The lowest BCUT2D eigenvalue weighted by atomic mass is 9.96. The van der Waals surface area contributed by atoms with E-state index in [0.717, 1.165) is 17.0 Å². The fourth-order valence-corrected chi connectivity index (χ4v) is 2.86. The summed E-state index contributed by atoms with van der Waals surface area (Å²) in [7, 11) is 0. The highest BCUT2D eigenvalue weighted by Crippen LogP contribution is 2.21. The van der Waals surface area contributed by atoms with E-state index in [1.807, 2.05) is 57.2 Å². The summed E-state index contributed by atoms with van der Waals surface area (Å²) in [6.45, 7) is 5.89. The molecule has 1 atom stereocenters. The highest BCUT2D eigenvalue weighted by Gasteiger charge is 2.19. The zero-order chi connectivity index (χ0) is 17.8. The van der Waals surface area contributed by atoms with Gasteiger partial charge in [0.1, 0.15) is 12.1 Å². The van der Waals surface area contributed by atoms with Crippen LogP contribution in [0.4, 0.5) is 5.82 Å². The van der Waals surface area contributed by atoms with Gasteiger partial charge in [-0.3, -0.25) is 4.79 Å². The Morgan fingerprint density at radius 3 is 2.56 bits per heavy atom. The lowest BCUT2D eigenvalue weighted by Crippen LogP contribution is -2.21. The van der Waals surface area contributed by atoms with Gasteiger partial charge in [0.2, 0.25) is 5.91 Å². The SMILES string of the molecule is CCC(C(=O)Nc1cc(-n2nc(C)cc2C)ncn1)c1ccccc1. The van der Waals surface area contributed by atoms with Crippen molar-refractivity contribution in [2.75, 3.05) is 5.32 Å². The van der Waals surface area contributed by atoms with Crippen LogP contribution in [-0.2, 0) is 4.79 Å². The number of amides is 1. The summed E-state index contributed by atoms with van der Waals surface area (Å²) in [5.74, 6) is 0.806. The number of hydrogen-bond acceptors (Lipinski definition) is 4. The van der Waals surface area contributed by atoms with Crippen molar-refractivity contribution in [3.05, 3.63) is 65.7 Å². The van der Waals surface area contributed by atoms with Crippen LogP contribution in [0.15, 0.2) is 48.8 Å². The van der Waals surface area contributed by atoms with Crippen molar-refractivity contribution in [3.8, 4) is 5.82 Å². The molecule has 25 heavy (non-hydrogen) atoms. The summed E-state index contributed by atoms with van der Waals surface area (Å²) < 4.78 is 1.74. The molecule has 1 amide bonds. The molecule has 2 heterocycles. The molecule has 2 aromatic heterocycles. The second-order valence-corrected chi connectivity index (χ2v) is 5.96. The van der Waals surface area contributed by atoms with Crippen molar-refractivity contribution in [3.63, 3.8) is 0 Å². The Kier molecular flexibility index (Phi) is 4.88. The van der Waals surface area contributed by atoms with Crippen LogP contribution in [0.2, 0.25) is 0 Å². The molecule has 3 rings (SSSR count). The van der Waals surface area contributed by atoms with Gasteiger partial charge >= 0.3 is 0 Å². The molecule has 0 fully saturated rings. The van der Waals surface area contributed by atoms with Gasteiger partial charge < -0.3 is 5.32 Å². The van der Waals surface area contributed by atoms with Gasteiger partial charge in [0.15, 0.2) is 5.82 Å². The van der Waals surface area contributed by atoms with Crippen LogP contribution < -0.4 is 5.32 Å². The molecule has 1 N–H and O–H groups in total. The third-order valence-corrected chi connectivity index (χ3v) is 4.06. The largest absolute Gasteiger partial charge is 0.310 e. The number of carbonyl (C=O) groups excluding carboxylic acids is 1. The average Bonchev–Trinajstić information content (AvgIpc) is 2.95. The molecule has 0 saturated heterocycles. The molecule has 128 valence electrons. The molecule has 1 aromatic carbocycles. The molecule has 6 heteroatoms. The van der Waals surface area contributed by atoms with E-state index < -0.39 is 0 Å². The molecule has 0 aliphatic heterocycles. The minimum Gasteiger partial charge on any atom is -0.310 e. The Morgan fingerprint density at radius 2 is 1.92 bits per heavy atom. The van der Waals surface area contributed by atoms with Gasteiger partial charge in [0.05, 0.1) is 11.6 Å². The molecule has 0 aliphatic rings. The standard InChI is InChI=1S/C19H21N5O/c1-4-16(15-8-6-5-7-9-15)19(25)22-17-11-18(21-12-20-17)24-14(3)10-13(2)23-24/h5-12,16H,4H2,1-3H3,(H,20,21,22,25). The van der Waals surface area contributed by atoms with Crippen molar-refractivity contribution in [1.29, 1.82) is 0 Å². The third kappa shape index (κ3) is 3.74. The molecular formula is C19H21N5O. The van der Waals surface area contributed by atoms with E-state index in [9.17, 15) is 4.79 Å². The molecule has 0 saturated carbocycles. The van der Waals surface area contributed by atoms with E-state index in [1.165, 1.54) is 6.33 Å². The number of rotatable bonds is 5. The van der Waals surface area contributed by atoms with Crippen LogP contribution in [0.25, 0.3) is 5.82 Å². The Labute approximate surface area is 146 Å². The first-order chi connectivity index (χ1) is 12.1. The molecular weight excluding hydrogens is 314 g/mol. The van der Waals surface area contributed by atoms with Crippen molar-refractivity contribution < 1.29 is 4.79 Å². The van der Waals surface area contributed by atoms with E-state index in [4.69, 9.17) is 0 Å². The quantitative estimate of drug-likeness (QED) is 0.775. The number of carbonyl (C=O) groups is 1. The lowest BCUT2D eigenvalue weighted by Gasteiger charge is -2.15. The molecule has 6 nitrogen and oxygen atoms in total. The van der Waals surface area contributed by atoms with Crippen molar-refractivity contribution in [2.24, 2.45) is 0 Å². The summed E-state index contributed by atoms with van der Waals surface area (Å²) in [5, 5.41) is 7.31. The Morgan fingerprint density at radius 1 is 1.16 bits per heavy atom. The van der Waals surface area contributed by atoms with Gasteiger partial charge in [-0.1, -0.05) is 37.3 Å². The highest BCUT2D eigenvalue weighted by atomic mass is 16.1. The molecule has 3 aromatic rings. The number of nitrogens with zero attached hydrogens (tertiary/aromatic N) is 4. The minimum absolute atomic E-state index is 0.0771. The van der Waals surface area contributed by atoms with E-state index in [1.54, 1.807) is 10.7 Å². The third-order valence-electron chi connectivity index (χ3n) is 4.06. The smallest absolute Gasteiger partial charge is 0.233 e. The first-order valence-corrected chi connectivity index (χ1v) is 8.30. The maximum atomic E-state index is 12.7. The molecule has 0 radical (unpaired) electrons. The number of nitrogens with one attached hydrogen (secondary N) is 1. The van der Waals surface area contributed by atoms with Crippen LogP contribution in [0.1, 0.15) is 36.2 Å². The van der Waals surface area contributed by atoms with Crippen molar-refractivity contribution in [2.45, 2.75) is 33.1 Å². The van der Waals surface area contributed by atoms with E-state index in [2.05, 4.69) is 20.4 Å². The predicted molar refractivity (Wildman–Crippen MR) is 96.7 cm³/mol. The van der Waals surface area contributed by atoms with Crippen molar-refractivity contribution in [1.82, 2.24) is 19.7 Å². The summed E-state index contributed by atoms with van der Waals surface area (Å²) >= 11 is 0. The normalized spacial score (nSPS) is 12.0. The minimum atomic E-state index is -0.215. The second-order valence-electron chi connectivity index (χ2n) is 5.96. The van der Waals surface area contributed by atoms with Gasteiger partial charge in [-0.15, -0.1) is 0 Å². The molecule has 0 spiro atoms. The van der Waals surface area contributed by atoms with Gasteiger partial charge in [-0.25, -0.2) is 14.6 Å². The van der Waals surface area contributed by atoms with E-state index >= 15 is 0 Å². The summed E-state index contributed by atoms with van der Waals surface area (Å²) in [4.78, 5) is 21.1. The molecule has 0 aliphatic carbocycles.